The van der Waals surface area contributed by atoms with E-state index in [1.807, 2.05) is 11.8 Å². The van der Waals surface area contributed by atoms with Gasteiger partial charge in [0.25, 0.3) is 0 Å². The molecule has 16 heavy (non-hydrogen) atoms. The molecule has 2 heterocycles. The Morgan fingerprint density at radius 3 is 3.06 bits per heavy atom. The van der Waals surface area contributed by atoms with Crippen molar-refractivity contribution in [1.82, 2.24) is 15.1 Å². The predicted octanol–water partition coefficient (Wildman–Crippen LogP) is 0.247. The number of nitrogens with zero attached hydrogens (tertiary/aromatic N) is 2. The highest BCUT2D eigenvalue weighted by molar-refractivity contribution is 5.78. The van der Waals surface area contributed by atoms with Gasteiger partial charge in [-0.05, 0) is 0 Å². The van der Waals surface area contributed by atoms with Gasteiger partial charge in [-0.3, -0.25) is 9.89 Å². The van der Waals surface area contributed by atoms with Crippen LogP contribution in [0, 0.1) is 12.0 Å². The van der Waals surface area contributed by atoms with Crippen molar-refractivity contribution >= 4 is 5.91 Å². The van der Waals surface area contributed by atoms with E-state index in [1.165, 1.54) is 0 Å². The van der Waals surface area contributed by atoms with Crippen molar-refractivity contribution in [3.63, 3.8) is 0 Å². The molecule has 1 saturated heterocycles. The average Bonchev–Trinajstić information content (AvgIpc) is 2.82. The Morgan fingerprint density at radius 2 is 2.44 bits per heavy atom. The molecule has 1 aliphatic heterocycles. The molecule has 0 saturated carbocycles. The number of carbonyl (C=O) groups excluding carboxylic acids is 1. The van der Waals surface area contributed by atoms with E-state index in [0.717, 1.165) is 5.69 Å². The van der Waals surface area contributed by atoms with E-state index in [2.05, 4.69) is 16.3 Å². The quantitative estimate of drug-likeness (QED) is 0.797. The van der Waals surface area contributed by atoms with Crippen LogP contribution in [-0.4, -0.2) is 47.3 Å². The van der Waals surface area contributed by atoms with Crippen molar-refractivity contribution in [2.75, 3.05) is 26.3 Å². The summed E-state index contributed by atoms with van der Waals surface area (Å²) in [4.78, 5) is 13.9. The molecule has 1 radical (unpaired) electrons. The predicted molar refractivity (Wildman–Crippen MR) is 57.7 cm³/mol. The highest BCUT2D eigenvalue weighted by atomic mass is 16.5. The van der Waals surface area contributed by atoms with Crippen molar-refractivity contribution in [2.45, 2.75) is 13.3 Å². The van der Waals surface area contributed by atoms with Crippen LogP contribution in [0.1, 0.15) is 12.6 Å². The van der Waals surface area contributed by atoms with Crippen LogP contribution < -0.4 is 0 Å². The Balaban J connectivity index is 1.88. The average molecular weight is 222 g/mol. The zero-order valence-electron chi connectivity index (χ0n) is 9.40. The van der Waals surface area contributed by atoms with Gasteiger partial charge in [-0.15, -0.1) is 0 Å². The lowest BCUT2D eigenvalue weighted by molar-refractivity contribution is -0.139. The maximum absolute atomic E-state index is 12.0. The smallest absolute Gasteiger partial charge is 0.225 e. The second-order valence-electron chi connectivity index (χ2n) is 4.02. The minimum Gasteiger partial charge on any atom is -0.378 e. The summed E-state index contributed by atoms with van der Waals surface area (Å²) in [6, 6.07) is 2.96. The number of nitrogens with one attached hydrogen (secondary N) is 1. The number of hydrogen-bond acceptors (Lipinski definition) is 3. The fraction of sp³-hybridized carbons (Fsp3) is 0.636. The lowest BCUT2D eigenvalue weighted by Crippen LogP contribution is -2.43. The first-order chi connectivity index (χ1) is 7.77. The Labute approximate surface area is 94.8 Å². The van der Waals surface area contributed by atoms with E-state index in [4.69, 9.17) is 4.74 Å². The van der Waals surface area contributed by atoms with E-state index in [0.29, 0.717) is 32.7 Å². The minimum atomic E-state index is -0.0438. The number of rotatable bonds is 3. The summed E-state index contributed by atoms with van der Waals surface area (Å²) in [6.07, 6.45) is 2.29. The van der Waals surface area contributed by atoms with Crippen LogP contribution >= 0.6 is 0 Å². The van der Waals surface area contributed by atoms with Crippen LogP contribution in [0.25, 0.3) is 0 Å². The molecule has 1 atom stereocenters. The van der Waals surface area contributed by atoms with Gasteiger partial charge in [-0.2, -0.15) is 5.10 Å². The van der Waals surface area contributed by atoms with Gasteiger partial charge in [0, 0.05) is 37.7 Å². The molecule has 1 aromatic rings. The van der Waals surface area contributed by atoms with Crippen LogP contribution in [-0.2, 0) is 16.0 Å². The number of H-pyrrole nitrogens is 1. The molecule has 5 heteroatoms. The van der Waals surface area contributed by atoms with Crippen LogP contribution in [0.4, 0.5) is 0 Å². The van der Waals surface area contributed by atoms with Crippen molar-refractivity contribution in [2.24, 2.45) is 5.92 Å². The van der Waals surface area contributed by atoms with Crippen LogP contribution in [0.3, 0.4) is 0 Å². The molecule has 1 N–H and O–H groups in total. The number of ether oxygens (including phenoxy) is 1. The summed E-state index contributed by atoms with van der Waals surface area (Å²) >= 11 is 0. The molecule has 1 aliphatic rings. The summed E-state index contributed by atoms with van der Waals surface area (Å²) in [7, 11) is 0. The first kappa shape index (κ1) is 11.1. The number of aromatic amines is 1. The largest absolute Gasteiger partial charge is 0.378 e. The first-order valence-corrected chi connectivity index (χ1v) is 5.54. The van der Waals surface area contributed by atoms with E-state index >= 15 is 0 Å². The molecule has 0 bridgehead atoms. The molecule has 1 aromatic heterocycles. The Morgan fingerprint density at radius 1 is 1.69 bits per heavy atom. The van der Waals surface area contributed by atoms with E-state index in [-0.39, 0.29) is 11.8 Å². The Bertz CT molecular complexity index is 331. The fourth-order valence-corrected chi connectivity index (χ4v) is 1.84. The molecule has 0 spiro atoms. The van der Waals surface area contributed by atoms with Crippen molar-refractivity contribution in [3.05, 3.63) is 18.0 Å². The number of amides is 1. The second-order valence-corrected chi connectivity index (χ2v) is 4.02. The lowest BCUT2D eigenvalue weighted by Gasteiger charge is -2.29. The summed E-state index contributed by atoms with van der Waals surface area (Å²) in [6.45, 7) is 4.63. The molecule has 0 unspecified atom stereocenters. The molecule has 87 valence electrons. The molecule has 5 nitrogen and oxygen atoms in total. The van der Waals surface area contributed by atoms with Gasteiger partial charge in [-0.25, -0.2) is 0 Å². The normalized spacial score (nSPS) is 18.4. The van der Waals surface area contributed by atoms with Crippen LogP contribution in [0.2, 0.25) is 0 Å². The fourth-order valence-electron chi connectivity index (χ4n) is 1.84. The highest BCUT2D eigenvalue weighted by Gasteiger charge is 2.22. The molecule has 2 rings (SSSR count). The molecular formula is C11H16N3O2. The van der Waals surface area contributed by atoms with Gasteiger partial charge in [0.2, 0.25) is 5.91 Å². The molecular weight excluding hydrogens is 206 g/mol. The standard InChI is InChI=1S/C11H16N3O2/c1-9(8-10-2-3-12-13-10)11(15)14-4-6-16-7-5-14/h3,9H,4-8H2,1H3,(H,12,13)/t9-/m1/s1. The Kier molecular flexibility index (Phi) is 3.56. The van der Waals surface area contributed by atoms with E-state index < -0.39 is 0 Å². The van der Waals surface area contributed by atoms with Crippen molar-refractivity contribution in [3.8, 4) is 0 Å². The van der Waals surface area contributed by atoms with Crippen molar-refractivity contribution in [1.29, 1.82) is 0 Å². The zero-order chi connectivity index (χ0) is 11.4. The van der Waals surface area contributed by atoms with Crippen LogP contribution in [0.15, 0.2) is 6.20 Å². The monoisotopic (exact) mass is 222 g/mol. The topological polar surface area (TPSA) is 58.2 Å². The third-order valence-corrected chi connectivity index (χ3v) is 2.75. The molecule has 1 fully saturated rings. The third-order valence-electron chi connectivity index (χ3n) is 2.75. The van der Waals surface area contributed by atoms with Gasteiger partial charge in [0.1, 0.15) is 0 Å². The van der Waals surface area contributed by atoms with Gasteiger partial charge < -0.3 is 9.64 Å². The van der Waals surface area contributed by atoms with Gasteiger partial charge in [-0.1, -0.05) is 6.92 Å². The minimum absolute atomic E-state index is 0.0438. The van der Waals surface area contributed by atoms with Crippen LogP contribution in [0.5, 0.6) is 0 Å². The van der Waals surface area contributed by atoms with Gasteiger partial charge in [0.05, 0.1) is 18.9 Å². The lowest BCUT2D eigenvalue weighted by atomic mass is 10.0. The number of morpholine rings is 1. The van der Waals surface area contributed by atoms with Gasteiger partial charge >= 0.3 is 0 Å². The second kappa shape index (κ2) is 5.12. The third kappa shape index (κ3) is 2.61. The maximum Gasteiger partial charge on any atom is 0.225 e. The number of aromatic nitrogens is 2. The maximum atomic E-state index is 12.0. The summed E-state index contributed by atoms with van der Waals surface area (Å²) < 4.78 is 5.22. The first-order valence-electron chi connectivity index (χ1n) is 5.54. The summed E-state index contributed by atoms with van der Waals surface area (Å²) in [5.74, 6) is 0.136. The van der Waals surface area contributed by atoms with Crippen molar-refractivity contribution < 1.29 is 9.53 Å². The zero-order valence-corrected chi connectivity index (χ0v) is 9.40. The van der Waals surface area contributed by atoms with E-state index in [9.17, 15) is 4.79 Å². The molecule has 0 aliphatic carbocycles. The number of carbonyl (C=O) groups is 1. The summed E-state index contributed by atoms with van der Waals surface area (Å²) in [5, 5.41) is 6.71. The summed E-state index contributed by atoms with van der Waals surface area (Å²) in [5.41, 5.74) is 0.814. The highest BCUT2D eigenvalue weighted by Crippen LogP contribution is 2.10. The Hall–Kier alpha value is -1.36. The molecule has 0 aromatic carbocycles. The molecule has 1 amide bonds. The SMILES string of the molecule is C[C@H](Cc1[c]c[nH]n1)C(=O)N1CCOCC1. The number of hydrogen-bond donors (Lipinski definition) is 1. The van der Waals surface area contributed by atoms with E-state index in [1.54, 1.807) is 6.20 Å². The van der Waals surface area contributed by atoms with Gasteiger partial charge in [0.15, 0.2) is 0 Å².